The van der Waals surface area contributed by atoms with E-state index < -0.39 is 0 Å². The summed E-state index contributed by atoms with van der Waals surface area (Å²) in [7, 11) is 0. The van der Waals surface area contributed by atoms with Crippen LogP contribution in [0.25, 0.3) is 11.3 Å². The Kier molecular flexibility index (Phi) is 5.21. The lowest BCUT2D eigenvalue weighted by Crippen LogP contribution is -2.29. The largest absolute Gasteiger partial charge is 0.508 e. The molecule has 2 atom stereocenters. The first-order chi connectivity index (χ1) is 15.1. The Morgan fingerprint density at radius 1 is 0.968 bits per heavy atom. The molecule has 2 unspecified atom stereocenters. The number of rotatable bonds is 4. The van der Waals surface area contributed by atoms with Gasteiger partial charge in [-0.15, -0.1) is 0 Å². The van der Waals surface area contributed by atoms with Crippen LogP contribution in [0.15, 0.2) is 93.9 Å². The first kappa shape index (κ1) is 19.8. The topological polar surface area (TPSA) is 61.5 Å². The highest BCUT2D eigenvalue weighted by molar-refractivity contribution is 9.10. The molecule has 0 aliphatic carbocycles. The molecule has 2 aromatic heterocycles. The zero-order valence-corrected chi connectivity index (χ0v) is 18.7. The first-order valence-electron chi connectivity index (χ1n) is 9.75. The molecule has 3 heterocycles. The number of furan rings is 1. The van der Waals surface area contributed by atoms with Gasteiger partial charge < -0.3 is 19.7 Å². The van der Waals surface area contributed by atoms with E-state index in [1.54, 1.807) is 18.3 Å². The number of halogens is 1. The summed E-state index contributed by atoms with van der Waals surface area (Å²) in [6.45, 7) is 0. The maximum atomic E-state index is 9.73. The summed E-state index contributed by atoms with van der Waals surface area (Å²) in [5.74, 6) is 1.76. The molecule has 154 valence electrons. The molecule has 1 saturated heterocycles. The summed E-state index contributed by atoms with van der Waals surface area (Å²) in [5, 5.41) is 13.7. The molecule has 7 heteroatoms. The van der Waals surface area contributed by atoms with Crippen molar-refractivity contribution in [1.82, 2.24) is 10.3 Å². The Labute approximate surface area is 193 Å². The minimum Gasteiger partial charge on any atom is -0.508 e. The number of pyridine rings is 1. The normalized spacial score (nSPS) is 18.2. The Balaban J connectivity index is 1.59. The average Bonchev–Trinajstić information content (AvgIpc) is 3.40. The Morgan fingerprint density at radius 2 is 1.74 bits per heavy atom. The van der Waals surface area contributed by atoms with E-state index in [4.69, 9.17) is 16.6 Å². The summed E-state index contributed by atoms with van der Waals surface area (Å²) >= 11 is 9.17. The lowest BCUT2D eigenvalue weighted by molar-refractivity contribution is 0.439. The Bertz CT molecular complexity index is 1210. The van der Waals surface area contributed by atoms with Crippen LogP contribution in [-0.2, 0) is 0 Å². The molecule has 2 aromatic carbocycles. The molecule has 0 saturated carbocycles. The summed E-state index contributed by atoms with van der Waals surface area (Å²) in [5.41, 5.74) is 2.73. The summed E-state index contributed by atoms with van der Waals surface area (Å²) in [6, 6.07) is 24.4. The van der Waals surface area contributed by atoms with E-state index in [2.05, 4.69) is 26.2 Å². The van der Waals surface area contributed by atoms with Crippen molar-refractivity contribution in [2.45, 2.75) is 12.1 Å². The number of thiocarbonyl (C=S) groups is 1. The highest BCUT2D eigenvalue weighted by atomic mass is 79.9. The fourth-order valence-electron chi connectivity index (χ4n) is 3.82. The SMILES string of the molecule is Oc1ccc(N2C(=S)NC(c3ccccn3)C2c2ccc(-c3ccc(Br)cc3)o2)cc1. The molecule has 5 rings (SSSR count). The van der Waals surface area contributed by atoms with Crippen molar-refractivity contribution in [2.75, 3.05) is 4.90 Å². The smallest absolute Gasteiger partial charge is 0.174 e. The molecule has 1 aliphatic heterocycles. The van der Waals surface area contributed by atoms with Gasteiger partial charge in [0.2, 0.25) is 0 Å². The summed E-state index contributed by atoms with van der Waals surface area (Å²) in [6.07, 6.45) is 1.77. The van der Waals surface area contributed by atoms with E-state index in [0.29, 0.717) is 5.11 Å². The van der Waals surface area contributed by atoms with Gasteiger partial charge in [0.1, 0.15) is 23.3 Å². The van der Waals surface area contributed by atoms with Crippen LogP contribution in [0.1, 0.15) is 23.5 Å². The maximum absolute atomic E-state index is 9.73. The van der Waals surface area contributed by atoms with E-state index >= 15 is 0 Å². The third kappa shape index (κ3) is 3.82. The fraction of sp³-hybridized carbons (Fsp3) is 0.0833. The van der Waals surface area contributed by atoms with Crippen molar-refractivity contribution in [2.24, 2.45) is 0 Å². The van der Waals surface area contributed by atoms with Crippen molar-refractivity contribution < 1.29 is 9.52 Å². The van der Waals surface area contributed by atoms with Gasteiger partial charge in [0.15, 0.2) is 5.11 Å². The van der Waals surface area contributed by atoms with E-state index in [9.17, 15) is 5.11 Å². The molecule has 0 bridgehead atoms. The van der Waals surface area contributed by atoms with Crippen LogP contribution in [0.5, 0.6) is 5.75 Å². The molecule has 0 radical (unpaired) electrons. The Morgan fingerprint density at radius 3 is 2.45 bits per heavy atom. The highest BCUT2D eigenvalue weighted by Gasteiger charge is 2.42. The average molecular weight is 492 g/mol. The second kappa shape index (κ2) is 8.17. The van der Waals surface area contributed by atoms with Crippen molar-refractivity contribution in [1.29, 1.82) is 0 Å². The number of phenols is 1. The minimum absolute atomic E-state index is 0.188. The van der Waals surface area contributed by atoms with E-state index in [0.717, 1.165) is 32.9 Å². The van der Waals surface area contributed by atoms with Gasteiger partial charge in [0, 0.05) is 21.9 Å². The summed E-state index contributed by atoms with van der Waals surface area (Å²) in [4.78, 5) is 6.56. The maximum Gasteiger partial charge on any atom is 0.174 e. The molecule has 0 amide bonds. The summed E-state index contributed by atoms with van der Waals surface area (Å²) < 4.78 is 7.35. The van der Waals surface area contributed by atoms with Crippen molar-refractivity contribution in [3.05, 3.63) is 101 Å². The molecular weight excluding hydrogens is 474 g/mol. The predicted molar refractivity (Wildman–Crippen MR) is 128 cm³/mol. The van der Waals surface area contributed by atoms with E-state index in [-0.39, 0.29) is 17.8 Å². The standard InChI is InChI=1S/C24H18BrN3O2S/c25-16-6-4-15(5-7-16)20-12-13-21(30-20)23-22(19-3-1-2-14-26-19)27-24(31)28(23)17-8-10-18(29)11-9-17/h1-14,22-23,29H,(H,27,31). The predicted octanol–water partition coefficient (Wildman–Crippen LogP) is 5.99. The molecule has 31 heavy (non-hydrogen) atoms. The lowest BCUT2D eigenvalue weighted by atomic mass is 10.0. The van der Waals surface area contributed by atoms with Crippen molar-refractivity contribution in [3.63, 3.8) is 0 Å². The molecule has 5 nitrogen and oxygen atoms in total. The van der Waals surface area contributed by atoms with Crippen LogP contribution in [0, 0.1) is 0 Å². The third-order valence-electron chi connectivity index (χ3n) is 5.27. The molecule has 4 aromatic rings. The van der Waals surface area contributed by atoms with Crippen LogP contribution in [0.4, 0.5) is 5.69 Å². The number of hydrogen-bond acceptors (Lipinski definition) is 4. The number of hydrogen-bond donors (Lipinski definition) is 2. The first-order valence-corrected chi connectivity index (χ1v) is 11.0. The number of nitrogens with one attached hydrogen (secondary N) is 1. The molecule has 0 spiro atoms. The molecular formula is C24H18BrN3O2S. The van der Waals surface area contributed by atoms with Gasteiger partial charge in [-0.1, -0.05) is 34.1 Å². The van der Waals surface area contributed by atoms with Crippen molar-refractivity contribution >= 4 is 38.9 Å². The highest BCUT2D eigenvalue weighted by Crippen LogP contribution is 2.43. The number of aromatic hydroxyl groups is 1. The van der Waals surface area contributed by atoms with E-state index in [1.807, 2.05) is 71.6 Å². The molecule has 2 N–H and O–H groups in total. The number of anilines is 1. The van der Waals surface area contributed by atoms with Crippen LogP contribution < -0.4 is 10.2 Å². The quantitative estimate of drug-likeness (QED) is 0.342. The zero-order valence-electron chi connectivity index (χ0n) is 16.3. The lowest BCUT2D eigenvalue weighted by Gasteiger charge is -2.26. The van der Waals surface area contributed by atoms with Crippen LogP contribution in [0.3, 0.4) is 0 Å². The van der Waals surface area contributed by atoms with E-state index in [1.165, 1.54) is 0 Å². The van der Waals surface area contributed by atoms with Gasteiger partial charge in [-0.3, -0.25) is 4.98 Å². The van der Waals surface area contributed by atoms with Crippen LogP contribution in [0.2, 0.25) is 0 Å². The van der Waals surface area contributed by atoms with Crippen molar-refractivity contribution in [3.8, 4) is 17.1 Å². The second-order valence-corrected chi connectivity index (χ2v) is 8.52. The number of phenolic OH excluding ortho intramolecular Hbond substituents is 1. The molecule has 1 aliphatic rings. The van der Waals surface area contributed by atoms with Gasteiger partial charge >= 0.3 is 0 Å². The number of aromatic nitrogens is 1. The van der Waals surface area contributed by atoms with Gasteiger partial charge in [-0.25, -0.2) is 0 Å². The monoisotopic (exact) mass is 491 g/mol. The van der Waals surface area contributed by atoms with Gasteiger partial charge in [0.25, 0.3) is 0 Å². The number of nitrogens with zero attached hydrogens (tertiary/aromatic N) is 2. The fourth-order valence-corrected chi connectivity index (χ4v) is 4.43. The number of benzene rings is 2. The Hall–Kier alpha value is -3.16. The minimum atomic E-state index is -0.240. The third-order valence-corrected chi connectivity index (χ3v) is 6.12. The zero-order chi connectivity index (χ0) is 21.4. The molecule has 1 fully saturated rings. The van der Waals surface area contributed by atoms with Gasteiger partial charge in [-0.05, 0) is 72.9 Å². The van der Waals surface area contributed by atoms with Gasteiger partial charge in [-0.2, -0.15) is 0 Å². The van der Waals surface area contributed by atoms with Crippen LogP contribution in [-0.4, -0.2) is 15.2 Å². The van der Waals surface area contributed by atoms with Gasteiger partial charge in [0.05, 0.1) is 11.7 Å². The van der Waals surface area contributed by atoms with Crippen LogP contribution >= 0.6 is 28.1 Å². The second-order valence-electron chi connectivity index (χ2n) is 7.22.